The molecule has 35 heavy (non-hydrogen) atoms. The Bertz CT molecular complexity index is 1280. The van der Waals surface area contributed by atoms with Crippen LogP contribution in [0, 0.1) is 25.2 Å². The van der Waals surface area contributed by atoms with Gasteiger partial charge in [0.05, 0.1) is 18.1 Å². The van der Waals surface area contributed by atoms with Gasteiger partial charge in [0.2, 0.25) is 5.88 Å². The van der Waals surface area contributed by atoms with Crippen LogP contribution in [0.5, 0.6) is 5.75 Å². The summed E-state index contributed by atoms with van der Waals surface area (Å²) in [4.78, 5) is 25.4. The third-order valence-electron chi connectivity index (χ3n) is 5.53. The van der Waals surface area contributed by atoms with E-state index in [-0.39, 0.29) is 41.9 Å². The summed E-state index contributed by atoms with van der Waals surface area (Å²) in [5.41, 5.74) is 9.48. The summed E-state index contributed by atoms with van der Waals surface area (Å²) in [5.74, 6) is -1.46. The molecule has 9 heteroatoms. The lowest BCUT2D eigenvalue weighted by molar-refractivity contribution is -0.139. The lowest BCUT2D eigenvalue weighted by Crippen LogP contribution is -2.26. The Kier molecular flexibility index (Phi) is 8.20. The molecule has 0 bridgehead atoms. The molecule has 0 saturated heterocycles. The van der Waals surface area contributed by atoms with Crippen LogP contribution < -0.4 is 15.8 Å². The predicted octanol–water partition coefficient (Wildman–Crippen LogP) is 4.73. The molecule has 0 aromatic heterocycles. The first-order valence-corrected chi connectivity index (χ1v) is 11.7. The third kappa shape index (κ3) is 5.84. The first-order chi connectivity index (χ1) is 16.7. The molecule has 8 nitrogen and oxygen atoms in total. The number of rotatable bonds is 7. The number of carbonyl (C=O) groups excluding carboxylic acids is 2. The fourth-order valence-electron chi connectivity index (χ4n) is 3.70. The first-order valence-electron chi connectivity index (χ1n) is 10.9. The number of aryl methyl sites for hydroxylation is 2. The van der Waals surface area contributed by atoms with E-state index in [2.05, 4.69) is 21.2 Å². The average Bonchev–Trinajstić information content (AvgIpc) is 2.80. The van der Waals surface area contributed by atoms with E-state index in [0.717, 1.165) is 11.1 Å². The summed E-state index contributed by atoms with van der Waals surface area (Å²) < 4.78 is 17.2. The van der Waals surface area contributed by atoms with Gasteiger partial charge in [-0.1, -0.05) is 22.0 Å². The standard InChI is InChI=1S/C26H26BrN3O5/c1-5-33-26(32)23-16(4)35-25(29)20(12-28)24(23)19-11-17(27)7-9-21(19)34-13-22(31)30-18-8-6-14(2)15(3)10-18/h6-11,24H,5,13,29H2,1-4H3,(H,30,31). The number of benzene rings is 2. The van der Waals surface area contributed by atoms with E-state index in [0.29, 0.717) is 21.5 Å². The number of allylic oxidation sites excluding steroid dienone is 2. The molecule has 0 radical (unpaired) electrons. The number of esters is 1. The van der Waals surface area contributed by atoms with Crippen LogP contribution in [0.25, 0.3) is 0 Å². The van der Waals surface area contributed by atoms with E-state index in [9.17, 15) is 14.9 Å². The zero-order valence-corrected chi connectivity index (χ0v) is 21.5. The normalized spacial score (nSPS) is 15.3. The zero-order valence-electron chi connectivity index (χ0n) is 19.9. The van der Waals surface area contributed by atoms with Gasteiger partial charge < -0.3 is 25.3 Å². The Hall–Kier alpha value is -3.77. The minimum Gasteiger partial charge on any atom is -0.483 e. The number of anilines is 1. The Morgan fingerprint density at radius 3 is 2.57 bits per heavy atom. The van der Waals surface area contributed by atoms with Crippen LogP contribution in [0.15, 0.2) is 63.7 Å². The highest BCUT2D eigenvalue weighted by molar-refractivity contribution is 9.10. The SMILES string of the molecule is CCOC(=O)C1=C(C)OC(N)=C(C#N)C1c1cc(Br)ccc1OCC(=O)Nc1ccc(C)c(C)c1. The number of hydrogen-bond donors (Lipinski definition) is 2. The molecule has 1 aliphatic heterocycles. The molecule has 0 spiro atoms. The van der Waals surface area contributed by atoms with Crippen LogP contribution in [0.1, 0.15) is 36.5 Å². The molecule has 3 N–H and O–H groups in total. The highest BCUT2D eigenvalue weighted by Crippen LogP contribution is 2.43. The number of carbonyl (C=O) groups is 2. The van der Waals surface area contributed by atoms with Crippen molar-refractivity contribution in [2.24, 2.45) is 5.73 Å². The molecule has 0 saturated carbocycles. The van der Waals surface area contributed by atoms with E-state index < -0.39 is 11.9 Å². The number of amides is 1. The Morgan fingerprint density at radius 1 is 1.17 bits per heavy atom. The fraction of sp³-hybridized carbons (Fsp3) is 0.269. The van der Waals surface area contributed by atoms with E-state index in [1.165, 1.54) is 0 Å². The smallest absolute Gasteiger partial charge is 0.338 e. The molecule has 3 rings (SSSR count). The van der Waals surface area contributed by atoms with E-state index in [1.54, 1.807) is 32.0 Å². The van der Waals surface area contributed by atoms with Crippen molar-refractivity contribution in [3.63, 3.8) is 0 Å². The molecule has 1 unspecified atom stereocenters. The second kappa shape index (κ2) is 11.1. The fourth-order valence-corrected chi connectivity index (χ4v) is 4.08. The van der Waals surface area contributed by atoms with Crippen molar-refractivity contribution in [1.29, 1.82) is 5.26 Å². The van der Waals surface area contributed by atoms with Crippen molar-refractivity contribution >= 4 is 33.5 Å². The number of nitriles is 1. The van der Waals surface area contributed by atoms with Crippen LogP contribution in [0.2, 0.25) is 0 Å². The van der Waals surface area contributed by atoms with Crippen molar-refractivity contribution < 1.29 is 23.8 Å². The van der Waals surface area contributed by atoms with Crippen LogP contribution in [0.4, 0.5) is 5.69 Å². The second-order valence-corrected chi connectivity index (χ2v) is 8.85. The van der Waals surface area contributed by atoms with Gasteiger partial charge in [-0.2, -0.15) is 5.26 Å². The molecular weight excluding hydrogens is 514 g/mol. The number of nitrogens with two attached hydrogens (primary N) is 1. The molecule has 182 valence electrons. The summed E-state index contributed by atoms with van der Waals surface area (Å²) in [6.07, 6.45) is 0. The maximum atomic E-state index is 12.8. The van der Waals surface area contributed by atoms with Gasteiger partial charge >= 0.3 is 5.97 Å². The van der Waals surface area contributed by atoms with Crippen molar-refractivity contribution in [3.05, 3.63) is 80.3 Å². The third-order valence-corrected chi connectivity index (χ3v) is 6.03. The number of ether oxygens (including phenoxy) is 3. The molecule has 1 amide bonds. The van der Waals surface area contributed by atoms with Gasteiger partial charge in [0.25, 0.3) is 5.91 Å². The average molecular weight is 540 g/mol. The van der Waals surface area contributed by atoms with E-state index in [4.69, 9.17) is 19.9 Å². The second-order valence-electron chi connectivity index (χ2n) is 7.93. The Labute approximate surface area is 212 Å². The van der Waals surface area contributed by atoms with E-state index in [1.807, 2.05) is 38.1 Å². The number of halogens is 1. The largest absolute Gasteiger partial charge is 0.483 e. The van der Waals surface area contributed by atoms with Crippen LogP contribution >= 0.6 is 15.9 Å². The molecule has 1 atom stereocenters. The molecule has 0 fully saturated rings. The minimum absolute atomic E-state index is 0.0428. The van der Waals surface area contributed by atoms with Gasteiger partial charge in [-0.25, -0.2) is 4.79 Å². The number of nitrogens with one attached hydrogen (secondary N) is 1. The molecular formula is C26H26BrN3O5. The molecule has 2 aromatic carbocycles. The summed E-state index contributed by atoms with van der Waals surface area (Å²) in [6.45, 7) is 7.08. The summed E-state index contributed by atoms with van der Waals surface area (Å²) in [5, 5.41) is 12.6. The summed E-state index contributed by atoms with van der Waals surface area (Å²) >= 11 is 3.43. The number of nitrogens with zero attached hydrogens (tertiary/aromatic N) is 1. The quantitative estimate of drug-likeness (QED) is 0.487. The molecule has 2 aromatic rings. The lowest BCUT2D eigenvalue weighted by atomic mass is 9.82. The minimum atomic E-state index is -0.900. The van der Waals surface area contributed by atoms with Gasteiger partial charge in [-0.05, 0) is 69.2 Å². The van der Waals surface area contributed by atoms with Gasteiger partial charge in [0.15, 0.2) is 6.61 Å². The maximum absolute atomic E-state index is 12.8. The Balaban J connectivity index is 1.94. The molecule has 1 heterocycles. The summed E-state index contributed by atoms with van der Waals surface area (Å²) in [7, 11) is 0. The van der Waals surface area contributed by atoms with Crippen LogP contribution in [0.3, 0.4) is 0 Å². The Morgan fingerprint density at radius 2 is 1.91 bits per heavy atom. The van der Waals surface area contributed by atoms with Gasteiger partial charge in [0.1, 0.15) is 23.2 Å². The topological polar surface area (TPSA) is 124 Å². The number of hydrogen-bond acceptors (Lipinski definition) is 7. The predicted molar refractivity (Wildman–Crippen MR) is 134 cm³/mol. The van der Waals surface area contributed by atoms with E-state index >= 15 is 0 Å². The van der Waals surface area contributed by atoms with Crippen LogP contribution in [-0.2, 0) is 19.1 Å². The van der Waals surface area contributed by atoms with Crippen molar-refractivity contribution in [1.82, 2.24) is 0 Å². The zero-order chi connectivity index (χ0) is 25.7. The highest BCUT2D eigenvalue weighted by atomic mass is 79.9. The van der Waals surface area contributed by atoms with Gasteiger partial charge in [-0.3, -0.25) is 4.79 Å². The monoisotopic (exact) mass is 539 g/mol. The van der Waals surface area contributed by atoms with Gasteiger partial charge in [0, 0.05) is 15.7 Å². The lowest BCUT2D eigenvalue weighted by Gasteiger charge is -2.28. The van der Waals surface area contributed by atoms with Crippen LogP contribution in [-0.4, -0.2) is 25.1 Å². The molecule has 1 aliphatic rings. The van der Waals surface area contributed by atoms with Gasteiger partial charge in [-0.15, -0.1) is 0 Å². The van der Waals surface area contributed by atoms with Crippen molar-refractivity contribution in [2.45, 2.75) is 33.6 Å². The first kappa shape index (κ1) is 25.8. The molecule has 0 aliphatic carbocycles. The summed E-state index contributed by atoms with van der Waals surface area (Å²) in [6, 6.07) is 12.8. The van der Waals surface area contributed by atoms with Crippen molar-refractivity contribution in [2.75, 3.05) is 18.5 Å². The van der Waals surface area contributed by atoms with Crippen molar-refractivity contribution in [3.8, 4) is 11.8 Å². The maximum Gasteiger partial charge on any atom is 0.338 e. The highest BCUT2D eigenvalue weighted by Gasteiger charge is 2.38.